The molecule has 2 rings (SSSR count). The van der Waals surface area contributed by atoms with E-state index in [2.05, 4.69) is 16.6 Å². The lowest BCUT2D eigenvalue weighted by Crippen LogP contribution is -2.09. The largest absolute Gasteiger partial charge is 0.465 e. The maximum atomic E-state index is 11.5. The van der Waals surface area contributed by atoms with Crippen molar-refractivity contribution in [2.45, 2.75) is 39.3 Å². The lowest BCUT2D eigenvalue weighted by atomic mass is 10.1. The van der Waals surface area contributed by atoms with Crippen LogP contribution < -0.4 is 0 Å². The molecule has 0 aliphatic carbocycles. The van der Waals surface area contributed by atoms with Gasteiger partial charge in [0.15, 0.2) is 0 Å². The van der Waals surface area contributed by atoms with E-state index in [0.717, 1.165) is 18.4 Å². The monoisotopic (exact) mass is 306 g/mol. The van der Waals surface area contributed by atoms with Crippen LogP contribution in [0.2, 0.25) is 0 Å². The lowest BCUT2D eigenvalue weighted by Gasteiger charge is -2.11. The van der Waals surface area contributed by atoms with E-state index in [1.165, 1.54) is 7.11 Å². The minimum Gasteiger partial charge on any atom is -0.465 e. The number of imidazole rings is 1. The normalized spacial score (nSPS) is 13.4. The third kappa shape index (κ3) is 3.74. The van der Waals surface area contributed by atoms with Crippen LogP contribution >= 0.6 is 0 Å². The molecule has 0 bridgehead atoms. The number of hydrogen-bond acceptors (Lipinski definition) is 4. The fraction of sp³-hybridized carbons (Fsp3) is 0.412. The van der Waals surface area contributed by atoms with Crippen molar-refractivity contribution < 1.29 is 17.4 Å². The summed E-state index contributed by atoms with van der Waals surface area (Å²) in [4.78, 5) is 15.7. The number of benzene rings is 1. The standard InChI is InChI=1S/C17H22N2O3/c1-3-4-5-16-18-10-15(12-20)19(16)11-13-6-8-14(9-7-13)17(21)22-2/h6-10,20H,3-5,11-12H2,1-2H3/i10T,12T. The molecule has 1 heterocycles. The molecule has 0 spiro atoms. The number of aliphatic hydroxyl groups is 1. The van der Waals surface area contributed by atoms with Gasteiger partial charge in [-0.2, -0.15) is 0 Å². The van der Waals surface area contributed by atoms with Gasteiger partial charge in [0.2, 0.25) is 0 Å². The number of carbonyl (C=O) groups is 1. The van der Waals surface area contributed by atoms with Gasteiger partial charge >= 0.3 is 5.97 Å². The van der Waals surface area contributed by atoms with Crippen LogP contribution in [0, 0.1) is 0 Å². The summed E-state index contributed by atoms with van der Waals surface area (Å²) in [5.41, 5.74) is 1.54. The summed E-state index contributed by atoms with van der Waals surface area (Å²) in [5.74, 6) is 0.295. The van der Waals surface area contributed by atoms with Crippen LogP contribution in [0.15, 0.2) is 30.4 Å². The molecule has 1 aromatic heterocycles. The number of carbonyl (C=O) groups excluding carboxylic acids is 1. The average Bonchev–Trinajstić information content (AvgIpc) is 2.88. The molecule has 1 N–H and O–H groups in total. The molecule has 5 heteroatoms. The second-order valence-corrected chi connectivity index (χ2v) is 5.03. The van der Waals surface area contributed by atoms with E-state index in [4.69, 9.17) is 2.74 Å². The van der Waals surface area contributed by atoms with E-state index in [0.29, 0.717) is 24.4 Å². The number of esters is 1. The number of rotatable bonds is 7. The van der Waals surface area contributed by atoms with Crippen molar-refractivity contribution >= 4 is 5.97 Å². The Morgan fingerprint density at radius 2 is 2.18 bits per heavy atom. The Labute approximate surface area is 133 Å². The first-order valence-electron chi connectivity index (χ1n) is 8.39. The molecule has 22 heavy (non-hydrogen) atoms. The molecule has 0 radical (unpaired) electrons. The number of nitrogens with zero attached hydrogens (tertiary/aromatic N) is 2. The average molecular weight is 306 g/mol. The minimum absolute atomic E-state index is 0.0604. The van der Waals surface area contributed by atoms with E-state index >= 15 is 0 Å². The molecule has 1 atom stereocenters. The maximum Gasteiger partial charge on any atom is 0.337 e. The van der Waals surface area contributed by atoms with E-state index in [1.54, 1.807) is 28.8 Å². The predicted molar refractivity (Wildman–Crippen MR) is 83.6 cm³/mol. The van der Waals surface area contributed by atoms with Gasteiger partial charge in [0, 0.05) is 13.0 Å². The summed E-state index contributed by atoms with van der Waals surface area (Å²) in [6, 6.07) is 6.92. The Morgan fingerprint density at radius 1 is 1.45 bits per heavy atom. The highest BCUT2D eigenvalue weighted by molar-refractivity contribution is 5.89. The van der Waals surface area contributed by atoms with Crippen LogP contribution in [0.3, 0.4) is 0 Å². The summed E-state index contributed by atoms with van der Waals surface area (Å²) in [7, 11) is 1.33. The van der Waals surface area contributed by atoms with E-state index < -0.39 is 12.6 Å². The molecule has 5 nitrogen and oxygen atoms in total. The number of hydrogen-bond donors (Lipinski definition) is 1. The van der Waals surface area contributed by atoms with Crippen molar-refractivity contribution in [2.24, 2.45) is 0 Å². The van der Waals surface area contributed by atoms with Gasteiger partial charge in [-0.15, -0.1) is 0 Å². The van der Waals surface area contributed by atoms with Gasteiger partial charge in [-0.1, -0.05) is 25.5 Å². The van der Waals surface area contributed by atoms with Crippen molar-refractivity contribution in [1.29, 1.82) is 0 Å². The lowest BCUT2D eigenvalue weighted by molar-refractivity contribution is 0.0600. The zero-order valence-corrected chi connectivity index (χ0v) is 12.9. The molecule has 0 aliphatic rings. The molecule has 0 amide bonds. The molecule has 118 valence electrons. The Kier molecular flexibility index (Phi) is 4.76. The third-order valence-corrected chi connectivity index (χ3v) is 3.49. The fourth-order valence-corrected chi connectivity index (χ4v) is 2.23. The second kappa shape index (κ2) is 7.75. The van der Waals surface area contributed by atoms with Crippen molar-refractivity contribution in [3.63, 3.8) is 0 Å². The van der Waals surface area contributed by atoms with Crippen molar-refractivity contribution in [2.75, 3.05) is 7.11 Å². The molecule has 0 aliphatic heterocycles. The van der Waals surface area contributed by atoms with E-state index in [1.807, 2.05) is 0 Å². The van der Waals surface area contributed by atoms with Crippen LogP contribution in [0.1, 0.15) is 49.9 Å². The van der Waals surface area contributed by atoms with Gasteiger partial charge in [-0.05, 0) is 24.1 Å². The summed E-state index contributed by atoms with van der Waals surface area (Å²) in [5, 5.41) is 9.68. The molecule has 1 unspecified atom stereocenters. The number of ether oxygens (including phenoxy) is 1. The first-order chi connectivity index (χ1) is 11.5. The van der Waals surface area contributed by atoms with Gasteiger partial charge in [-0.25, -0.2) is 9.78 Å². The van der Waals surface area contributed by atoms with E-state index in [-0.39, 0.29) is 11.9 Å². The molecule has 0 fully saturated rings. The van der Waals surface area contributed by atoms with Crippen LogP contribution in [-0.2, 0) is 24.3 Å². The van der Waals surface area contributed by atoms with Gasteiger partial charge in [0.1, 0.15) is 5.82 Å². The van der Waals surface area contributed by atoms with Crippen molar-refractivity contribution in [1.82, 2.24) is 9.55 Å². The SMILES string of the molecule is [3H]c1nc(CCCC)n(Cc2ccc(C(=O)OC)cc2)c1C([3H])O. The number of methoxy groups -OCH3 is 1. The highest BCUT2D eigenvalue weighted by atomic mass is 16.5. The molecule has 1 aromatic carbocycles. The molecular weight excluding hydrogens is 280 g/mol. The fourth-order valence-electron chi connectivity index (χ4n) is 2.23. The first-order valence-corrected chi connectivity index (χ1v) is 7.31. The van der Waals surface area contributed by atoms with Gasteiger partial charge in [0.25, 0.3) is 0 Å². The number of aryl methyl sites for hydroxylation is 1. The van der Waals surface area contributed by atoms with Crippen molar-refractivity contribution in [3.05, 3.63) is 53.1 Å². The summed E-state index contributed by atoms with van der Waals surface area (Å²) in [6.45, 7) is 0.952. The summed E-state index contributed by atoms with van der Waals surface area (Å²) >= 11 is 0. The Morgan fingerprint density at radius 3 is 2.77 bits per heavy atom. The van der Waals surface area contributed by atoms with Crippen LogP contribution in [0.25, 0.3) is 0 Å². The Balaban J connectivity index is 2.31. The molecule has 0 saturated heterocycles. The summed E-state index contributed by atoms with van der Waals surface area (Å²) < 4.78 is 21.9. The van der Waals surface area contributed by atoms with Crippen LogP contribution in [-0.4, -0.2) is 27.7 Å². The van der Waals surface area contributed by atoms with E-state index in [9.17, 15) is 9.90 Å². The zero-order chi connectivity index (χ0) is 17.7. The van der Waals surface area contributed by atoms with Gasteiger partial charge < -0.3 is 14.4 Å². The molecule has 0 saturated carbocycles. The van der Waals surface area contributed by atoms with Crippen LogP contribution in [0.5, 0.6) is 0 Å². The third-order valence-electron chi connectivity index (χ3n) is 3.49. The molecular formula is C17H22N2O3. The molecule has 2 aromatic rings. The smallest absolute Gasteiger partial charge is 0.337 e. The minimum atomic E-state index is -1.50. The zero-order valence-electron chi connectivity index (χ0n) is 14.9. The van der Waals surface area contributed by atoms with Gasteiger partial charge in [0.05, 0.1) is 33.9 Å². The van der Waals surface area contributed by atoms with Gasteiger partial charge in [-0.3, -0.25) is 0 Å². The topological polar surface area (TPSA) is 64.4 Å². The maximum absolute atomic E-state index is 11.5. The summed E-state index contributed by atoms with van der Waals surface area (Å²) in [6.07, 6.45) is 2.54. The first kappa shape index (κ1) is 13.5. The second-order valence-electron chi connectivity index (χ2n) is 5.03. The highest BCUT2D eigenvalue weighted by Crippen LogP contribution is 2.14. The predicted octanol–water partition coefficient (Wildman–Crippen LogP) is 2.55. The Hall–Kier alpha value is -2.14. The highest BCUT2D eigenvalue weighted by Gasteiger charge is 2.10. The van der Waals surface area contributed by atoms with Crippen LogP contribution in [0.4, 0.5) is 0 Å². The number of aromatic nitrogens is 2. The number of unbranched alkanes of at least 4 members (excludes halogenated alkanes) is 1. The number of aliphatic hydroxyl groups excluding tert-OH is 1. The van der Waals surface area contributed by atoms with Crippen molar-refractivity contribution in [3.8, 4) is 0 Å². The quantitative estimate of drug-likeness (QED) is 0.798. The Bertz CT molecular complexity index is 697.